The molecule has 1 aromatic rings. The first kappa shape index (κ1) is 17.8. The van der Waals surface area contributed by atoms with Gasteiger partial charge in [0.25, 0.3) is 0 Å². The molecule has 0 aliphatic heterocycles. The van der Waals surface area contributed by atoms with Gasteiger partial charge in [-0.3, -0.25) is 0 Å². The second kappa shape index (κ2) is 8.87. The zero-order valence-corrected chi connectivity index (χ0v) is 13.5. The van der Waals surface area contributed by atoms with Gasteiger partial charge in [0, 0.05) is 23.7 Å². The fourth-order valence-corrected chi connectivity index (χ4v) is 2.07. The molecule has 6 heteroatoms. The molecule has 118 valence electrons. The van der Waals surface area contributed by atoms with Crippen molar-refractivity contribution >= 4 is 17.7 Å². The van der Waals surface area contributed by atoms with Gasteiger partial charge in [-0.15, -0.1) is 0 Å². The van der Waals surface area contributed by atoms with E-state index >= 15 is 0 Å². The van der Waals surface area contributed by atoms with Crippen LogP contribution in [0.1, 0.15) is 32.4 Å². The second-order valence-electron chi connectivity index (χ2n) is 4.92. The summed E-state index contributed by atoms with van der Waals surface area (Å²) in [5, 5.41) is 3.22. The van der Waals surface area contributed by atoms with E-state index in [4.69, 9.17) is 25.8 Å². The van der Waals surface area contributed by atoms with Gasteiger partial charge >= 0.3 is 6.09 Å². The lowest BCUT2D eigenvalue weighted by atomic mass is 10.1. The van der Waals surface area contributed by atoms with Crippen LogP contribution in [0.25, 0.3) is 0 Å². The highest BCUT2D eigenvalue weighted by Gasteiger charge is 2.25. The first-order valence-electron chi connectivity index (χ1n) is 6.77. The molecule has 0 spiro atoms. The Labute approximate surface area is 130 Å². The molecule has 0 fully saturated rings. The Morgan fingerprint density at radius 2 is 1.95 bits per heavy atom. The Kier molecular flexibility index (Phi) is 7.50. The lowest BCUT2D eigenvalue weighted by Gasteiger charge is -2.25. The summed E-state index contributed by atoms with van der Waals surface area (Å²) in [6.45, 7) is 5.55. The quantitative estimate of drug-likeness (QED) is 0.782. The molecule has 0 heterocycles. The van der Waals surface area contributed by atoms with Crippen LogP contribution in [0.3, 0.4) is 0 Å². The van der Waals surface area contributed by atoms with Gasteiger partial charge in [0.1, 0.15) is 19.0 Å². The number of benzene rings is 1. The fraction of sp³-hybridized carbons (Fsp3) is 0.533. The van der Waals surface area contributed by atoms with E-state index in [9.17, 15) is 4.79 Å². The third kappa shape index (κ3) is 5.91. The predicted octanol–water partition coefficient (Wildman–Crippen LogP) is 3.52. The number of nitrogens with one attached hydrogen (secondary N) is 1. The van der Waals surface area contributed by atoms with Gasteiger partial charge in [-0.1, -0.05) is 29.8 Å². The van der Waals surface area contributed by atoms with Gasteiger partial charge in [0.15, 0.2) is 0 Å². The molecule has 1 aromatic carbocycles. The normalized spacial score (nSPS) is 13.8. The third-order valence-electron chi connectivity index (χ3n) is 2.70. The molecule has 1 N–H and O–H groups in total. The third-order valence-corrected chi connectivity index (χ3v) is 3.05. The van der Waals surface area contributed by atoms with Crippen LogP contribution in [-0.2, 0) is 14.2 Å². The highest BCUT2D eigenvalue weighted by atomic mass is 35.5. The van der Waals surface area contributed by atoms with Crippen molar-refractivity contribution in [3.8, 4) is 0 Å². The molecule has 0 aliphatic rings. The van der Waals surface area contributed by atoms with Crippen molar-refractivity contribution < 1.29 is 19.0 Å². The number of rotatable bonds is 7. The van der Waals surface area contributed by atoms with Crippen LogP contribution in [0.2, 0.25) is 5.02 Å². The zero-order chi connectivity index (χ0) is 15.8. The molecule has 0 radical (unpaired) electrons. The van der Waals surface area contributed by atoms with Crippen molar-refractivity contribution in [3.63, 3.8) is 0 Å². The monoisotopic (exact) mass is 315 g/mol. The standard InChI is InChI=1S/C15H22ClNO4/c1-10(2)17-15(18)21-11(3)14(20-9-19-4)12-7-5-6-8-13(12)16/h5-8,10-11,14H,9H2,1-4H3,(H,17,18)/t11-,14+/m1/s1. The molecule has 0 saturated carbocycles. The Hall–Kier alpha value is -1.30. The molecule has 0 aliphatic carbocycles. The highest BCUT2D eigenvalue weighted by molar-refractivity contribution is 6.31. The topological polar surface area (TPSA) is 56.8 Å². The average Bonchev–Trinajstić information content (AvgIpc) is 2.40. The number of halogens is 1. The number of ether oxygens (including phenoxy) is 3. The van der Waals surface area contributed by atoms with Crippen LogP contribution in [0.15, 0.2) is 24.3 Å². The van der Waals surface area contributed by atoms with Crippen LogP contribution < -0.4 is 5.32 Å². The molecule has 0 saturated heterocycles. The summed E-state index contributed by atoms with van der Waals surface area (Å²) in [6.07, 6.45) is -1.51. The van der Waals surface area contributed by atoms with Crippen molar-refractivity contribution in [1.29, 1.82) is 0 Å². The first-order chi connectivity index (χ1) is 9.95. The number of hydrogen-bond donors (Lipinski definition) is 1. The summed E-state index contributed by atoms with van der Waals surface area (Å²) < 4.78 is 15.9. The molecule has 0 aromatic heterocycles. The predicted molar refractivity (Wildman–Crippen MR) is 81.4 cm³/mol. The highest BCUT2D eigenvalue weighted by Crippen LogP contribution is 2.29. The minimum Gasteiger partial charge on any atom is -0.443 e. The molecular formula is C15H22ClNO4. The Morgan fingerprint density at radius 1 is 1.29 bits per heavy atom. The van der Waals surface area contributed by atoms with Crippen LogP contribution in [-0.4, -0.2) is 32.1 Å². The Bertz CT molecular complexity index is 453. The van der Waals surface area contributed by atoms with E-state index in [0.717, 1.165) is 5.56 Å². The van der Waals surface area contributed by atoms with Gasteiger partial charge in [-0.05, 0) is 26.8 Å². The Morgan fingerprint density at radius 3 is 2.52 bits per heavy atom. The summed E-state index contributed by atoms with van der Waals surface area (Å²) in [7, 11) is 1.53. The smallest absolute Gasteiger partial charge is 0.407 e. The molecule has 0 bridgehead atoms. The minimum atomic E-state index is -0.515. The molecule has 5 nitrogen and oxygen atoms in total. The number of carbonyl (C=O) groups is 1. The summed E-state index contributed by atoms with van der Waals surface area (Å²) >= 11 is 6.19. The van der Waals surface area contributed by atoms with Gasteiger partial charge in [0.05, 0.1) is 0 Å². The van der Waals surface area contributed by atoms with Crippen LogP contribution in [0.5, 0.6) is 0 Å². The van der Waals surface area contributed by atoms with Crippen LogP contribution in [0.4, 0.5) is 4.79 Å². The molecule has 2 atom stereocenters. The van der Waals surface area contributed by atoms with E-state index < -0.39 is 18.3 Å². The number of carbonyl (C=O) groups excluding carboxylic acids is 1. The van der Waals surface area contributed by atoms with E-state index in [1.165, 1.54) is 7.11 Å². The summed E-state index contributed by atoms with van der Waals surface area (Å²) in [5.41, 5.74) is 0.751. The summed E-state index contributed by atoms with van der Waals surface area (Å²) in [4.78, 5) is 11.7. The number of alkyl carbamates (subject to hydrolysis) is 1. The van der Waals surface area contributed by atoms with Crippen LogP contribution >= 0.6 is 11.6 Å². The zero-order valence-electron chi connectivity index (χ0n) is 12.8. The maximum Gasteiger partial charge on any atom is 0.407 e. The largest absolute Gasteiger partial charge is 0.443 e. The average molecular weight is 316 g/mol. The van der Waals surface area contributed by atoms with E-state index in [1.54, 1.807) is 13.0 Å². The van der Waals surface area contributed by atoms with Crippen molar-refractivity contribution in [2.75, 3.05) is 13.9 Å². The van der Waals surface area contributed by atoms with E-state index in [1.807, 2.05) is 32.0 Å². The van der Waals surface area contributed by atoms with Crippen molar-refractivity contribution in [2.24, 2.45) is 0 Å². The SMILES string of the molecule is COCO[C@H](c1ccccc1Cl)[C@@H](C)OC(=O)NC(C)C. The number of hydrogen-bond acceptors (Lipinski definition) is 4. The number of methoxy groups -OCH3 is 1. The van der Waals surface area contributed by atoms with Crippen molar-refractivity contribution in [3.05, 3.63) is 34.9 Å². The molecule has 1 amide bonds. The lowest BCUT2D eigenvalue weighted by molar-refractivity contribution is -0.112. The maximum absolute atomic E-state index is 11.7. The minimum absolute atomic E-state index is 0.00311. The summed E-state index contributed by atoms with van der Waals surface area (Å²) in [5.74, 6) is 0. The van der Waals surface area contributed by atoms with Crippen molar-refractivity contribution in [2.45, 2.75) is 39.0 Å². The van der Waals surface area contributed by atoms with Gasteiger partial charge < -0.3 is 19.5 Å². The first-order valence-corrected chi connectivity index (χ1v) is 7.15. The van der Waals surface area contributed by atoms with E-state index in [0.29, 0.717) is 5.02 Å². The molecular weight excluding hydrogens is 294 g/mol. The molecule has 0 unspecified atom stereocenters. The van der Waals surface area contributed by atoms with Gasteiger partial charge in [-0.25, -0.2) is 4.79 Å². The molecule has 1 rings (SSSR count). The second-order valence-corrected chi connectivity index (χ2v) is 5.33. The van der Waals surface area contributed by atoms with Crippen molar-refractivity contribution in [1.82, 2.24) is 5.32 Å². The maximum atomic E-state index is 11.7. The fourth-order valence-electron chi connectivity index (χ4n) is 1.83. The summed E-state index contributed by atoms with van der Waals surface area (Å²) in [6, 6.07) is 7.29. The van der Waals surface area contributed by atoms with E-state index in [2.05, 4.69) is 5.32 Å². The molecule has 21 heavy (non-hydrogen) atoms. The van der Waals surface area contributed by atoms with Gasteiger partial charge in [0.2, 0.25) is 0 Å². The van der Waals surface area contributed by atoms with E-state index in [-0.39, 0.29) is 12.8 Å². The van der Waals surface area contributed by atoms with Crippen LogP contribution in [0, 0.1) is 0 Å². The lowest BCUT2D eigenvalue weighted by Crippen LogP contribution is -2.35. The number of amides is 1. The Balaban J connectivity index is 2.82. The van der Waals surface area contributed by atoms with Gasteiger partial charge in [-0.2, -0.15) is 0 Å².